The van der Waals surface area contributed by atoms with Crippen molar-refractivity contribution in [3.8, 4) is 0 Å². The summed E-state index contributed by atoms with van der Waals surface area (Å²) in [6.45, 7) is 6.06. The number of aromatic nitrogens is 2. The third-order valence-corrected chi connectivity index (χ3v) is 5.35. The van der Waals surface area contributed by atoms with Gasteiger partial charge in [0.2, 0.25) is 0 Å². The summed E-state index contributed by atoms with van der Waals surface area (Å²) in [6, 6.07) is 18.1. The number of carbonyl (C=O) groups excluding carboxylic acids is 1. The van der Waals surface area contributed by atoms with Crippen LogP contribution < -0.4 is 16.0 Å². The molecule has 1 unspecified atom stereocenters. The van der Waals surface area contributed by atoms with E-state index in [4.69, 9.17) is 0 Å². The maximum atomic E-state index is 12.2. The van der Waals surface area contributed by atoms with E-state index < -0.39 is 0 Å². The van der Waals surface area contributed by atoms with Gasteiger partial charge >= 0.3 is 0 Å². The van der Waals surface area contributed by atoms with Crippen molar-refractivity contribution in [1.29, 1.82) is 0 Å². The van der Waals surface area contributed by atoms with Gasteiger partial charge < -0.3 is 16.0 Å². The van der Waals surface area contributed by atoms with Gasteiger partial charge in [-0.3, -0.25) is 14.5 Å². The lowest BCUT2D eigenvalue weighted by molar-refractivity contribution is 0.0939. The monoisotopic (exact) mass is 432 g/mol. The lowest BCUT2D eigenvalue weighted by Crippen LogP contribution is -2.36. The Balaban J connectivity index is 1.52. The molecule has 0 aliphatic carbocycles. The molecule has 1 atom stereocenters. The minimum Gasteiger partial charge on any atom is -0.352 e. The maximum absolute atomic E-state index is 12.2. The van der Waals surface area contributed by atoms with Gasteiger partial charge in [0.05, 0.1) is 6.54 Å². The molecule has 3 aromatic rings. The fourth-order valence-electron chi connectivity index (χ4n) is 3.22. The average molecular weight is 433 g/mol. The van der Waals surface area contributed by atoms with E-state index in [2.05, 4.69) is 45.1 Å². The summed E-state index contributed by atoms with van der Waals surface area (Å²) >= 11 is 0. The van der Waals surface area contributed by atoms with Crippen LogP contribution in [-0.4, -0.2) is 34.7 Å². The first kappa shape index (κ1) is 23.1. The number of benzene rings is 2. The van der Waals surface area contributed by atoms with Crippen molar-refractivity contribution >= 4 is 11.9 Å². The first-order chi connectivity index (χ1) is 15.6. The molecule has 1 amide bonds. The van der Waals surface area contributed by atoms with Gasteiger partial charge in [-0.05, 0) is 48.2 Å². The molecule has 168 valence electrons. The van der Waals surface area contributed by atoms with Crippen LogP contribution >= 0.6 is 0 Å². The molecule has 0 radical (unpaired) electrons. The van der Waals surface area contributed by atoms with Gasteiger partial charge in [-0.2, -0.15) is 5.10 Å². The third-order valence-electron chi connectivity index (χ3n) is 5.35. The van der Waals surface area contributed by atoms with Crippen molar-refractivity contribution < 1.29 is 4.79 Å². The number of aliphatic imine (C=N–C) groups is 1. The zero-order valence-electron chi connectivity index (χ0n) is 19.0. The first-order valence-electron chi connectivity index (χ1n) is 11.0. The summed E-state index contributed by atoms with van der Waals surface area (Å²) in [5.41, 5.74) is 4.16. The summed E-state index contributed by atoms with van der Waals surface area (Å²) in [5, 5.41) is 14.0. The Labute approximate surface area is 190 Å². The van der Waals surface area contributed by atoms with E-state index in [9.17, 15) is 4.79 Å². The minimum atomic E-state index is -0.0369. The molecule has 3 rings (SSSR count). The van der Waals surface area contributed by atoms with Crippen LogP contribution in [0.25, 0.3) is 0 Å². The molecule has 1 heterocycles. The third kappa shape index (κ3) is 6.70. The van der Waals surface area contributed by atoms with Gasteiger partial charge in [0, 0.05) is 44.1 Å². The Morgan fingerprint density at radius 1 is 1.03 bits per heavy atom. The average Bonchev–Trinajstić information content (AvgIpc) is 3.33. The molecule has 1 aromatic heterocycles. The number of amides is 1. The van der Waals surface area contributed by atoms with Crippen molar-refractivity contribution in [1.82, 2.24) is 25.7 Å². The maximum Gasteiger partial charge on any atom is 0.251 e. The Hall–Kier alpha value is -3.61. The fraction of sp³-hybridized carbons (Fsp3) is 0.320. The molecular formula is C25H32N6O. The van der Waals surface area contributed by atoms with Gasteiger partial charge in [0.25, 0.3) is 5.91 Å². The number of hydrogen-bond acceptors (Lipinski definition) is 3. The van der Waals surface area contributed by atoms with Crippen LogP contribution in [0, 0.1) is 0 Å². The van der Waals surface area contributed by atoms with Crippen LogP contribution in [0.4, 0.5) is 0 Å². The highest BCUT2D eigenvalue weighted by molar-refractivity contribution is 5.94. The minimum absolute atomic E-state index is 0.0369. The molecule has 32 heavy (non-hydrogen) atoms. The largest absolute Gasteiger partial charge is 0.352 e. The van der Waals surface area contributed by atoms with Gasteiger partial charge in [-0.25, -0.2) is 0 Å². The molecule has 0 saturated heterocycles. The molecule has 3 N–H and O–H groups in total. The standard InChI is InChI=1S/C25H32N6O/c1-4-19(2)30-24(32)21-12-10-20(11-13-21)16-27-25(26-3)28-17-22-8-5-6-9-23(22)18-31-15-7-14-29-31/h5-15,19H,4,16-18H2,1-3H3,(H,30,32)(H2,26,27,28). The smallest absolute Gasteiger partial charge is 0.251 e. The fourth-order valence-corrected chi connectivity index (χ4v) is 3.22. The predicted molar refractivity (Wildman–Crippen MR) is 128 cm³/mol. The molecule has 0 aliphatic heterocycles. The number of carbonyl (C=O) groups is 1. The van der Waals surface area contributed by atoms with Crippen molar-refractivity contribution in [3.05, 3.63) is 89.2 Å². The van der Waals surface area contributed by atoms with Crippen LogP contribution in [0.15, 0.2) is 72.0 Å². The Morgan fingerprint density at radius 3 is 2.41 bits per heavy atom. The van der Waals surface area contributed by atoms with E-state index in [0.717, 1.165) is 24.5 Å². The van der Waals surface area contributed by atoms with Crippen molar-refractivity contribution in [2.75, 3.05) is 7.05 Å². The molecule has 0 spiro atoms. The Morgan fingerprint density at radius 2 is 1.75 bits per heavy atom. The highest BCUT2D eigenvalue weighted by Crippen LogP contribution is 2.10. The Bertz CT molecular complexity index is 1010. The first-order valence-corrected chi connectivity index (χ1v) is 11.0. The summed E-state index contributed by atoms with van der Waals surface area (Å²) in [6.07, 6.45) is 4.66. The summed E-state index contributed by atoms with van der Waals surface area (Å²) < 4.78 is 1.92. The molecular weight excluding hydrogens is 400 g/mol. The van der Waals surface area contributed by atoms with Crippen molar-refractivity contribution in [3.63, 3.8) is 0 Å². The van der Waals surface area contributed by atoms with E-state index in [0.29, 0.717) is 18.7 Å². The van der Waals surface area contributed by atoms with Gasteiger partial charge in [-0.15, -0.1) is 0 Å². The number of rotatable bonds is 9. The molecule has 7 nitrogen and oxygen atoms in total. The second-order valence-electron chi connectivity index (χ2n) is 7.73. The van der Waals surface area contributed by atoms with Gasteiger partial charge in [0.1, 0.15) is 0 Å². The highest BCUT2D eigenvalue weighted by atomic mass is 16.1. The number of nitrogens with zero attached hydrogens (tertiary/aromatic N) is 3. The summed E-state index contributed by atoms with van der Waals surface area (Å²) in [4.78, 5) is 16.5. The predicted octanol–water partition coefficient (Wildman–Crippen LogP) is 3.32. The van der Waals surface area contributed by atoms with E-state index in [1.807, 2.05) is 60.3 Å². The Kier molecular flexibility index (Phi) is 8.43. The molecule has 2 aromatic carbocycles. The number of guanidine groups is 1. The molecule has 0 bridgehead atoms. The van der Waals surface area contributed by atoms with Crippen LogP contribution in [0.2, 0.25) is 0 Å². The van der Waals surface area contributed by atoms with E-state index in [1.54, 1.807) is 13.2 Å². The lowest BCUT2D eigenvalue weighted by atomic mass is 10.1. The summed E-state index contributed by atoms with van der Waals surface area (Å²) in [7, 11) is 1.76. The lowest BCUT2D eigenvalue weighted by Gasteiger charge is -2.15. The zero-order chi connectivity index (χ0) is 22.8. The van der Waals surface area contributed by atoms with Crippen molar-refractivity contribution in [2.24, 2.45) is 4.99 Å². The molecule has 7 heteroatoms. The summed E-state index contributed by atoms with van der Waals surface area (Å²) in [5.74, 6) is 0.683. The van der Waals surface area contributed by atoms with Crippen LogP contribution in [0.3, 0.4) is 0 Å². The van der Waals surface area contributed by atoms with Crippen LogP contribution in [-0.2, 0) is 19.6 Å². The van der Waals surface area contributed by atoms with E-state index >= 15 is 0 Å². The topological polar surface area (TPSA) is 83.3 Å². The second-order valence-corrected chi connectivity index (χ2v) is 7.73. The number of hydrogen-bond donors (Lipinski definition) is 3. The van der Waals surface area contributed by atoms with Crippen LogP contribution in [0.1, 0.15) is 47.3 Å². The van der Waals surface area contributed by atoms with E-state index in [-0.39, 0.29) is 11.9 Å². The van der Waals surface area contributed by atoms with Crippen LogP contribution in [0.5, 0.6) is 0 Å². The normalized spacial score (nSPS) is 12.3. The highest BCUT2D eigenvalue weighted by Gasteiger charge is 2.09. The quantitative estimate of drug-likeness (QED) is 0.358. The molecule has 0 aliphatic rings. The van der Waals surface area contributed by atoms with Gasteiger partial charge in [-0.1, -0.05) is 43.3 Å². The SMILES string of the molecule is CCC(C)NC(=O)c1ccc(CNC(=NC)NCc2ccccc2Cn2cccn2)cc1. The zero-order valence-corrected chi connectivity index (χ0v) is 19.0. The van der Waals surface area contributed by atoms with Crippen molar-refractivity contribution in [2.45, 2.75) is 45.9 Å². The number of nitrogens with one attached hydrogen (secondary N) is 3. The van der Waals surface area contributed by atoms with E-state index in [1.165, 1.54) is 11.1 Å². The molecule has 0 fully saturated rings. The molecule has 0 saturated carbocycles. The van der Waals surface area contributed by atoms with Gasteiger partial charge in [0.15, 0.2) is 5.96 Å². The second kappa shape index (κ2) is 11.7.